The molecule has 6 aromatic heterocycles. The van der Waals surface area contributed by atoms with E-state index < -0.39 is 0 Å². The van der Waals surface area contributed by atoms with E-state index in [4.69, 9.17) is 19.9 Å². The molecule has 0 saturated carbocycles. The lowest BCUT2D eigenvalue weighted by molar-refractivity contribution is 1.01. The molecule has 8 nitrogen and oxygen atoms in total. The monoisotopic (exact) mass is 1320 g/mol. The number of benzene rings is 16. The lowest BCUT2D eigenvalue weighted by Crippen LogP contribution is -2.03. The van der Waals surface area contributed by atoms with E-state index in [9.17, 15) is 0 Å². The Kier molecular flexibility index (Phi) is 13.5. The van der Waals surface area contributed by atoms with Gasteiger partial charge in [-0.2, -0.15) is 0 Å². The summed E-state index contributed by atoms with van der Waals surface area (Å²) in [5.41, 5.74) is 22.8. The number of nitrogens with zero attached hydrogens (tertiary/aromatic N) is 8. The molecule has 0 aliphatic carbocycles. The van der Waals surface area contributed by atoms with E-state index in [0.29, 0.717) is 5.95 Å². The average molecular weight is 1330 g/mol. The van der Waals surface area contributed by atoms with Gasteiger partial charge in [0, 0.05) is 71.0 Å². The van der Waals surface area contributed by atoms with Crippen LogP contribution in [0.3, 0.4) is 0 Å². The van der Waals surface area contributed by atoms with Gasteiger partial charge in [0.05, 0.1) is 66.4 Å². The Bertz CT molecular complexity index is 7210. The molecular weight excluding hydrogens is 1270 g/mol. The Hall–Kier alpha value is -14.1. The summed E-state index contributed by atoms with van der Waals surface area (Å²) in [6.07, 6.45) is 0. The number of para-hydroxylation sites is 7. The Morgan fingerprint density at radius 3 is 1.05 bits per heavy atom. The molecule has 0 saturated heterocycles. The van der Waals surface area contributed by atoms with E-state index in [-0.39, 0.29) is 0 Å². The van der Waals surface area contributed by atoms with Crippen LogP contribution in [0.5, 0.6) is 0 Å². The van der Waals surface area contributed by atoms with Gasteiger partial charge in [-0.3, -0.25) is 9.13 Å². The highest BCUT2D eigenvalue weighted by Crippen LogP contribution is 2.44. The molecule has 0 spiro atoms. The molecule has 16 aromatic carbocycles. The summed E-state index contributed by atoms with van der Waals surface area (Å²) in [5.74, 6) is 1.49. The zero-order chi connectivity index (χ0) is 68.3. The van der Waals surface area contributed by atoms with Crippen LogP contribution in [0.4, 0.5) is 0 Å². The first-order valence-electron chi connectivity index (χ1n) is 35.4. The molecule has 22 aromatic rings. The van der Waals surface area contributed by atoms with E-state index >= 15 is 0 Å². The van der Waals surface area contributed by atoms with Crippen molar-refractivity contribution in [3.8, 4) is 67.9 Å². The molecule has 8 heteroatoms. The zero-order valence-electron chi connectivity index (χ0n) is 56.2. The SMILES string of the molecule is c1ccc(-c2nc(-n3c4ccccc4c4cc(-c5ccc6c(c5)c5c7ccccc7ccc5n6-c5ccccc5)ccc43)nc3ccccc23)cc1.c1ccc(-c2nc3ccccc3nc2-n2c3ccccc3c3cc(-c4ccc5c(c4)c4c6ccccc6ccc4n5-c4ccccc4)ccc32)cc1. The van der Waals surface area contributed by atoms with E-state index in [1.807, 2.05) is 42.5 Å². The van der Waals surface area contributed by atoms with Crippen LogP contribution in [0.15, 0.2) is 364 Å². The Morgan fingerprint density at radius 1 is 0.183 bits per heavy atom. The van der Waals surface area contributed by atoms with Crippen molar-refractivity contribution in [1.29, 1.82) is 0 Å². The fourth-order valence-electron chi connectivity index (χ4n) is 16.3. The van der Waals surface area contributed by atoms with E-state index in [2.05, 4.69) is 340 Å². The molecule has 484 valence electrons. The third-order valence-corrected chi connectivity index (χ3v) is 21.0. The van der Waals surface area contributed by atoms with Gasteiger partial charge >= 0.3 is 0 Å². The smallest absolute Gasteiger partial charge is 0.235 e. The Morgan fingerprint density at radius 2 is 0.538 bits per heavy atom. The molecule has 0 aliphatic rings. The van der Waals surface area contributed by atoms with Gasteiger partial charge in [-0.15, -0.1) is 0 Å². The van der Waals surface area contributed by atoms with Gasteiger partial charge in [-0.1, -0.05) is 249 Å². The van der Waals surface area contributed by atoms with Gasteiger partial charge in [-0.05, 0) is 159 Å². The van der Waals surface area contributed by atoms with Crippen LogP contribution >= 0.6 is 0 Å². The van der Waals surface area contributed by atoms with Crippen molar-refractivity contribution in [2.24, 2.45) is 0 Å². The average Bonchev–Trinajstić information content (AvgIpc) is 1.58. The number of hydrogen-bond donors (Lipinski definition) is 0. The normalized spacial score (nSPS) is 11.8. The van der Waals surface area contributed by atoms with Crippen LogP contribution in [0.1, 0.15) is 0 Å². The Balaban J connectivity index is 0.000000134. The fraction of sp³-hybridized carbons (Fsp3) is 0. The van der Waals surface area contributed by atoms with Crippen LogP contribution in [0.2, 0.25) is 0 Å². The van der Waals surface area contributed by atoms with Crippen molar-refractivity contribution in [3.63, 3.8) is 0 Å². The standard InChI is InChI=1S/2C48H30N4/c1-3-14-32(15-4-1)47-48(50-41-21-11-10-20-40(41)49-47)52-42-22-12-9-19-37(42)38-29-33(24-26-43(38)52)34-25-27-44-39(30-34)46-36-18-8-7-13-31(36)23-28-45(46)51(44)35-16-5-2-6-17-35;1-3-14-32(15-4-1)47-38-20-9-11-21-41(38)49-48(50-47)52-42-22-12-10-19-37(42)39-29-33(24-26-43(39)52)34-25-27-44-40(30-34)46-36-18-8-7-13-31(36)23-28-45(46)51(44)35-16-5-2-6-17-35/h2*1-30H. The third-order valence-electron chi connectivity index (χ3n) is 21.0. The lowest BCUT2D eigenvalue weighted by atomic mass is 9.99. The molecule has 0 fully saturated rings. The van der Waals surface area contributed by atoms with Gasteiger partial charge in [0.15, 0.2) is 5.82 Å². The summed E-state index contributed by atoms with van der Waals surface area (Å²) < 4.78 is 9.30. The van der Waals surface area contributed by atoms with Gasteiger partial charge in [-0.25, -0.2) is 19.9 Å². The van der Waals surface area contributed by atoms with Gasteiger partial charge in [0.25, 0.3) is 0 Å². The molecule has 104 heavy (non-hydrogen) atoms. The van der Waals surface area contributed by atoms with Gasteiger partial charge < -0.3 is 9.13 Å². The highest BCUT2D eigenvalue weighted by molar-refractivity contribution is 6.24. The predicted molar refractivity (Wildman–Crippen MR) is 433 cm³/mol. The molecule has 0 bridgehead atoms. The first kappa shape index (κ1) is 58.8. The first-order valence-corrected chi connectivity index (χ1v) is 35.4. The van der Waals surface area contributed by atoms with Crippen molar-refractivity contribution in [1.82, 2.24) is 38.2 Å². The van der Waals surface area contributed by atoms with Crippen molar-refractivity contribution in [2.45, 2.75) is 0 Å². The van der Waals surface area contributed by atoms with Crippen molar-refractivity contribution >= 4 is 131 Å². The molecule has 0 unspecified atom stereocenters. The van der Waals surface area contributed by atoms with Crippen molar-refractivity contribution < 1.29 is 0 Å². The maximum absolute atomic E-state index is 5.29. The lowest BCUT2D eigenvalue weighted by Gasteiger charge is -2.14. The zero-order valence-corrected chi connectivity index (χ0v) is 56.2. The molecular formula is C96H60N8. The molecule has 22 rings (SSSR count). The van der Waals surface area contributed by atoms with E-state index in [1.165, 1.54) is 109 Å². The fourth-order valence-corrected chi connectivity index (χ4v) is 16.3. The number of rotatable bonds is 8. The molecule has 0 atom stereocenters. The second-order valence-electron chi connectivity index (χ2n) is 26.8. The third kappa shape index (κ3) is 9.39. The van der Waals surface area contributed by atoms with Gasteiger partial charge in [0.2, 0.25) is 5.95 Å². The van der Waals surface area contributed by atoms with Gasteiger partial charge in [0.1, 0.15) is 5.69 Å². The molecule has 0 radical (unpaired) electrons. The highest BCUT2D eigenvalue weighted by atomic mass is 15.2. The van der Waals surface area contributed by atoms with Crippen LogP contribution in [-0.4, -0.2) is 38.2 Å². The Labute approximate surface area is 597 Å². The topological polar surface area (TPSA) is 71.3 Å². The summed E-state index contributed by atoms with van der Waals surface area (Å²) in [5, 5.41) is 15.8. The molecule has 6 heterocycles. The van der Waals surface area contributed by atoms with Crippen LogP contribution in [0.25, 0.3) is 199 Å². The molecule has 0 N–H and O–H groups in total. The van der Waals surface area contributed by atoms with Crippen LogP contribution in [-0.2, 0) is 0 Å². The number of hydrogen-bond acceptors (Lipinski definition) is 4. The minimum atomic E-state index is 0.665. The summed E-state index contributed by atoms with van der Waals surface area (Å²) in [4.78, 5) is 20.9. The minimum absolute atomic E-state index is 0.665. The summed E-state index contributed by atoms with van der Waals surface area (Å²) >= 11 is 0. The van der Waals surface area contributed by atoms with E-state index in [1.54, 1.807) is 0 Å². The van der Waals surface area contributed by atoms with Crippen molar-refractivity contribution in [2.75, 3.05) is 0 Å². The van der Waals surface area contributed by atoms with Crippen molar-refractivity contribution in [3.05, 3.63) is 364 Å². The molecule has 0 amide bonds. The summed E-state index contributed by atoms with van der Waals surface area (Å²) in [6.45, 7) is 0. The minimum Gasteiger partial charge on any atom is -0.309 e. The van der Waals surface area contributed by atoms with Crippen LogP contribution < -0.4 is 0 Å². The number of fused-ring (bicyclic) bond motifs is 18. The van der Waals surface area contributed by atoms with Crippen LogP contribution in [0, 0.1) is 0 Å². The quantitative estimate of drug-likeness (QED) is 0.152. The summed E-state index contributed by atoms with van der Waals surface area (Å²) in [7, 11) is 0. The largest absolute Gasteiger partial charge is 0.309 e. The predicted octanol–water partition coefficient (Wildman–Crippen LogP) is 24.6. The van der Waals surface area contributed by atoms with E-state index in [0.717, 1.165) is 83.7 Å². The molecule has 0 aliphatic heterocycles. The maximum atomic E-state index is 5.29. The first-order chi connectivity index (χ1) is 51.6. The second kappa shape index (κ2) is 23.8. The number of aromatic nitrogens is 8. The summed E-state index contributed by atoms with van der Waals surface area (Å²) in [6, 6.07) is 130. The maximum Gasteiger partial charge on any atom is 0.235 e. The highest BCUT2D eigenvalue weighted by Gasteiger charge is 2.24. The second-order valence-corrected chi connectivity index (χ2v) is 26.8.